The van der Waals surface area contributed by atoms with Crippen LogP contribution in [0.25, 0.3) is 0 Å². The predicted octanol–water partition coefficient (Wildman–Crippen LogP) is 2.03. The van der Waals surface area contributed by atoms with E-state index in [1.807, 2.05) is 0 Å². The van der Waals surface area contributed by atoms with Gasteiger partial charge in [-0.3, -0.25) is 5.32 Å². The molecule has 0 saturated heterocycles. The van der Waals surface area contributed by atoms with Crippen LogP contribution in [0, 0.1) is 0 Å². The normalized spacial score (nSPS) is 12.3. The van der Waals surface area contributed by atoms with Crippen LogP contribution >= 0.6 is 11.5 Å². The fourth-order valence-electron chi connectivity index (χ4n) is 1.46. The zero-order valence-corrected chi connectivity index (χ0v) is 16.7. The standard InChI is InChI=1S/C15H22N4O7S/c1-14(2,3)25-8(20)7-24-18-9(11(21)22)10-16-12(27-19-10)17-13(23)26-15(4,5)6/h7H2,1-6H3,(H,21,22)(H,16,17,19,23)/b18-9-. The third kappa shape index (κ3) is 8.94. The SMILES string of the molecule is CC(C)(C)OC(=O)CO/N=C(\C(=O)O)c1nsc(NC(=O)OC(C)(C)C)n1. The third-order valence-corrected chi connectivity index (χ3v) is 2.84. The Hall–Kier alpha value is -2.76. The van der Waals surface area contributed by atoms with Gasteiger partial charge in [-0.1, -0.05) is 5.16 Å². The van der Waals surface area contributed by atoms with Crippen LogP contribution in [0.3, 0.4) is 0 Å². The van der Waals surface area contributed by atoms with Crippen LogP contribution in [-0.4, -0.2) is 56.0 Å². The molecule has 11 nitrogen and oxygen atoms in total. The Kier molecular flexibility index (Phi) is 7.22. The van der Waals surface area contributed by atoms with Crippen molar-refractivity contribution >= 4 is 40.4 Å². The van der Waals surface area contributed by atoms with E-state index in [0.717, 1.165) is 11.5 Å². The molecule has 0 atom stereocenters. The quantitative estimate of drug-likeness (QED) is 0.414. The first kappa shape index (κ1) is 22.3. The van der Waals surface area contributed by atoms with Gasteiger partial charge in [0.1, 0.15) is 11.2 Å². The number of oxime groups is 1. The number of anilines is 1. The molecule has 0 unspecified atom stereocenters. The van der Waals surface area contributed by atoms with Crippen molar-refractivity contribution < 1.29 is 33.8 Å². The summed E-state index contributed by atoms with van der Waals surface area (Å²) in [7, 11) is 0. The molecule has 0 fully saturated rings. The van der Waals surface area contributed by atoms with Gasteiger partial charge in [0.2, 0.25) is 23.3 Å². The summed E-state index contributed by atoms with van der Waals surface area (Å²) >= 11 is 0.733. The van der Waals surface area contributed by atoms with E-state index in [2.05, 4.69) is 19.8 Å². The molecule has 1 rings (SSSR count). The number of carboxylic acid groups (broad SMARTS) is 1. The predicted molar refractivity (Wildman–Crippen MR) is 95.7 cm³/mol. The topological polar surface area (TPSA) is 149 Å². The van der Waals surface area contributed by atoms with Crippen LogP contribution in [0.15, 0.2) is 5.16 Å². The van der Waals surface area contributed by atoms with Gasteiger partial charge in [-0.25, -0.2) is 14.4 Å². The molecule has 27 heavy (non-hydrogen) atoms. The molecule has 0 bridgehead atoms. The van der Waals surface area contributed by atoms with Gasteiger partial charge in [0.05, 0.1) is 0 Å². The van der Waals surface area contributed by atoms with E-state index in [1.165, 1.54) is 0 Å². The highest BCUT2D eigenvalue weighted by Gasteiger charge is 2.23. The zero-order valence-electron chi connectivity index (χ0n) is 15.9. The minimum atomic E-state index is -1.47. The molecule has 150 valence electrons. The number of hydrogen-bond acceptors (Lipinski definition) is 10. The number of nitrogens with one attached hydrogen (secondary N) is 1. The Balaban J connectivity index is 2.76. The number of aliphatic carboxylic acids is 1. The molecule has 2 N–H and O–H groups in total. The second kappa shape index (κ2) is 8.75. The molecule has 0 saturated carbocycles. The maximum absolute atomic E-state index is 11.7. The number of carbonyl (C=O) groups is 3. The van der Waals surface area contributed by atoms with E-state index >= 15 is 0 Å². The van der Waals surface area contributed by atoms with Crippen LogP contribution in [0.4, 0.5) is 9.93 Å². The minimum absolute atomic E-state index is 0.0142. The smallest absolute Gasteiger partial charge is 0.414 e. The fourth-order valence-corrected chi connectivity index (χ4v) is 2.01. The summed E-state index contributed by atoms with van der Waals surface area (Å²) in [4.78, 5) is 43.1. The lowest BCUT2D eigenvalue weighted by Gasteiger charge is -2.18. The monoisotopic (exact) mass is 402 g/mol. The van der Waals surface area contributed by atoms with Gasteiger partial charge in [0, 0.05) is 11.5 Å². The average Bonchev–Trinajstić information content (AvgIpc) is 2.86. The number of hydrogen-bond donors (Lipinski definition) is 2. The maximum atomic E-state index is 11.7. The molecule has 1 heterocycles. The largest absolute Gasteiger partial charge is 0.476 e. The van der Waals surface area contributed by atoms with Crippen molar-refractivity contribution in [2.75, 3.05) is 11.9 Å². The van der Waals surface area contributed by atoms with Crippen molar-refractivity contribution in [2.24, 2.45) is 5.16 Å². The summed E-state index contributed by atoms with van der Waals surface area (Å²) in [5.74, 6) is -2.47. The number of carbonyl (C=O) groups excluding carboxylic acids is 2. The summed E-state index contributed by atoms with van der Waals surface area (Å²) < 4.78 is 13.9. The van der Waals surface area contributed by atoms with Crippen LogP contribution in [0.5, 0.6) is 0 Å². The van der Waals surface area contributed by atoms with Crippen LogP contribution in [-0.2, 0) is 23.9 Å². The van der Waals surface area contributed by atoms with Crippen LogP contribution in [0.1, 0.15) is 47.4 Å². The van der Waals surface area contributed by atoms with Gasteiger partial charge < -0.3 is 19.4 Å². The van der Waals surface area contributed by atoms with Crippen LogP contribution in [0.2, 0.25) is 0 Å². The second-order valence-electron chi connectivity index (χ2n) is 7.15. The number of ether oxygens (including phenoxy) is 2. The lowest BCUT2D eigenvalue weighted by Crippen LogP contribution is -2.27. The molecule has 0 spiro atoms. The van der Waals surface area contributed by atoms with E-state index in [-0.39, 0.29) is 11.0 Å². The van der Waals surface area contributed by atoms with Crippen molar-refractivity contribution in [1.29, 1.82) is 0 Å². The van der Waals surface area contributed by atoms with E-state index in [1.54, 1.807) is 41.5 Å². The molecule has 0 aliphatic heterocycles. The van der Waals surface area contributed by atoms with Gasteiger partial charge in [0.25, 0.3) is 0 Å². The first-order valence-electron chi connectivity index (χ1n) is 7.76. The lowest BCUT2D eigenvalue weighted by atomic mass is 10.2. The maximum Gasteiger partial charge on any atom is 0.414 e. The van der Waals surface area contributed by atoms with Crippen molar-refractivity contribution in [2.45, 2.75) is 52.7 Å². The highest BCUT2D eigenvalue weighted by molar-refractivity contribution is 7.10. The number of aromatic nitrogens is 2. The number of esters is 1. The Morgan fingerprint density at radius 1 is 1.11 bits per heavy atom. The summed E-state index contributed by atoms with van der Waals surface area (Å²) in [5.41, 5.74) is -2.05. The third-order valence-electron chi connectivity index (χ3n) is 2.21. The minimum Gasteiger partial charge on any atom is -0.476 e. The first-order valence-corrected chi connectivity index (χ1v) is 8.53. The number of amides is 1. The summed E-state index contributed by atoms with van der Waals surface area (Å²) in [5, 5.41) is 14.9. The van der Waals surface area contributed by atoms with Crippen molar-refractivity contribution in [3.05, 3.63) is 5.82 Å². The lowest BCUT2D eigenvalue weighted by molar-refractivity contribution is -0.160. The molecule has 1 amide bonds. The molecular formula is C15H22N4O7S. The van der Waals surface area contributed by atoms with Gasteiger partial charge in [-0.2, -0.15) is 9.36 Å². The van der Waals surface area contributed by atoms with Crippen molar-refractivity contribution in [3.8, 4) is 0 Å². The van der Waals surface area contributed by atoms with Gasteiger partial charge in [-0.05, 0) is 41.5 Å². The van der Waals surface area contributed by atoms with Crippen molar-refractivity contribution in [1.82, 2.24) is 9.36 Å². The Bertz CT molecular complexity index is 731. The van der Waals surface area contributed by atoms with E-state index in [0.29, 0.717) is 0 Å². The van der Waals surface area contributed by atoms with Gasteiger partial charge >= 0.3 is 18.0 Å². The molecule has 0 aliphatic carbocycles. The Morgan fingerprint density at radius 3 is 2.22 bits per heavy atom. The van der Waals surface area contributed by atoms with Crippen molar-refractivity contribution in [3.63, 3.8) is 0 Å². The average molecular weight is 402 g/mol. The second-order valence-corrected chi connectivity index (χ2v) is 7.91. The number of carboxylic acids is 1. The molecule has 1 aromatic heterocycles. The summed E-state index contributed by atoms with van der Waals surface area (Å²) in [6, 6.07) is 0. The Morgan fingerprint density at radius 2 is 1.70 bits per heavy atom. The summed E-state index contributed by atoms with van der Waals surface area (Å²) in [6.45, 7) is 9.51. The molecule has 0 aromatic carbocycles. The summed E-state index contributed by atoms with van der Waals surface area (Å²) in [6.07, 6.45) is -0.764. The molecule has 1 aromatic rings. The van der Waals surface area contributed by atoms with Gasteiger partial charge in [-0.15, -0.1) is 0 Å². The van der Waals surface area contributed by atoms with Crippen LogP contribution < -0.4 is 5.32 Å². The fraction of sp³-hybridized carbons (Fsp3) is 0.600. The molecule has 0 aliphatic rings. The number of nitrogens with zero attached hydrogens (tertiary/aromatic N) is 3. The highest BCUT2D eigenvalue weighted by atomic mass is 32.1. The molecule has 0 radical (unpaired) electrons. The first-order chi connectivity index (χ1) is 12.3. The van der Waals surface area contributed by atoms with E-state index < -0.39 is 41.6 Å². The highest BCUT2D eigenvalue weighted by Crippen LogP contribution is 2.15. The van der Waals surface area contributed by atoms with E-state index in [9.17, 15) is 19.5 Å². The Labute approximate surface area is 159 Å². The molecular weight excluding hydrogens is 380 g/mol. The number of rotatable bonds is 6. The zero-order chi connectivity index (χ0) is 20.8. The van der Waals surface area contributed by atoms with Gasteiger partial charge in [0.15, 0.2) is 0 Å². The molecule has 12 heteroatoms. The van der Waals surface area contributed by atoms with E-state index in [4.69, 9.17) is 14.3 Å².